The maximum Gasteiger partial charge on any atom is 0.330 e. The average molecular weight is 722 g/mol. The van der Waals surface area contributed by atoms with Gasteiger partial charge in [0, 0.05) is 6.42 Å². The van der Waals surface area contributed by atoms with Crippen molar-refractivity contribution in [3.8, 4) is 0 Å². The summed E-state index contributed by atoms with van der Waals surface area (Å²) in [6, 6.07) is 4.46. The van der Waals surface area contributed by atoms with Crippen molar-refractivity contribution in [2.75, 3.05) is 13.2 Å². The number of nitrogens with one attached hydrogen (secondary N) is 4. The number of nitrogens with two attached hydrogens (primary N) is 2. The Morgan fingerprint density at radius 2 is 1.71 bits per heavy atom. The summed E-state index contributed by atoms with van der Waals surface area (Å²) in [5.41, 5.74) is 9.74. The second-order valence-electron chi connectivity index (χ2n) is 12.6. The van der Waals surface area contributed by atoms with Crippen LogP contribution in [0.5, 0.6) is 0 Å². The van der Waals surface area contributed by atoms with Crippen LogP contribution in [0.4, 0.5) is 4.39 Å². The van der Waals surface area contributed by atoms with E-state index in [2.05, 4.69) is 16.0 Å². The molecule has 51 heavy (non-hydrogen) atoms. The highest BCUT2D eigenvalue weighted by molar-refractivity contribution is 5.94. The molecule has 3 rings (SSSR count). The van der Waals surface area contributed by atoms with E-state index in [-0.39, 0.29) is 6.42 Å². The van der Waals surface area contributed by atoms with Crippen LogP contribution in [0.25, 0.3) is 0 Å². The van der Waals surface area contributed by atoms with Gasteiger partial charge in [-0.25, -0.2) is 9.59 Å². The zero-order valence-electron chi connectivity index (χ0n) is 28.8. The normalized spacial score (nSPS) is 21.5. The van der Waals surface area contributed by atoms with Gasteiger partial charge in [-0.15, -0.1) is 0 Å². The molecule has 0 bridgehead atoms. The van der Waals surface area contributed by atoms with Crippen molar-refractivity contribution in [2.45, 2.75) is 102 Å². The van der Waals surface area contributed by atoms with E-state index >= 15 is 0 Å². The van der Waals surface area contributed by atoms with Crippen LogP contribution in [0.15, 0.2) is 46.1 Å². The van der Waals surface area contributed by atoms with Gasteiger partial charge in [-0.05, 0) is 37.8 Å². The quantitative estimate of drug-likeness (QED) is 0.0617. The number of ether oxygens (including phenoxy) is 2. The van der Waals surface area contributed by atoms with Crippen LogP contribution >= 0.6 is 0 Å². The molecule has 1 aromatic carbocycles. The molecule has 2 heterocycles. The van der Waals surface area contributed by atoms with Crippen LogP contribution in [0.1, 0.15) is 58.2 Å². The molecule has 1 saturated heterocycles. The molecule has 0 unspecified atom stereocenters. The smallest absolute Gasteiger partial charge is 0.330 e. The summed E-state index contributed by atoms with van der Waals surface area (Å²) in [6.45, 7) is 4.73. The number of benzene rings is 1. The summed E-state index contributed by atoms with van der Waals surface area (Å²) in [5.74, 6) is -4.67. The van der Waals surface area contributed by atoms with Crippen LogP contribution in [0.2, 0.25) is 0 Å². The molecule has 282 valence electrons. The van der Waals surface area contributed by atoms with E-state index in [0.717, 1.165) is 0 Å². The van der Waals surface area contributed by atoms with E-state index in [9.17, 15) is 43.4 Å². The first-order chi connectivity index (χ1) is 24.2. The summed E-state index contributed by atoms with van der Waals surface area (Å²) in [4.78, 5) is 78.2. The predicted molar refractivity (Wildman–Crippen MR) is 180 cm³/mol. The molecule has 0 spiro atoms. The van der Waals surface area contributed by atoms with Crippen LogP contribution in [0.3, 0.4) is 0 Å². The third-order valence-electron chi connectivity index (χ3n) is 8.66. The molecule has 1 aliphatic rings. The van der Waals surface area contributed by atoms with Gasteiger partial charge < -0.3 is 47.1 Å². The third-order valence-corrected chi connectivity index (χ3v) is 8.66. The molecular formula is C33H48FN7O10. The second kappa shape index (κ2) is 19.2. The van der Waals surface area contributed by atoms with E-state index in [4.69, 9.17) is 20.9 Å². The lowest BCUT2D eigenvalue weighted by Gasteiger charge is -2.27. The van der Waals surface area contributed by atoms with E-state index in [1.807, 2.05) is 0 Å². The Morgan fingerprint density at radius 1 is 1.02 bits per heavy atom. The molecule has 17 nitrogen and oxygen atoms in total. The number of carbonyl (C=O) groups excluding carboxylic acids is 4. The van der Waals surface area contributed by atoms with Crippen molar-refractivity contribution < 1.29 is 43.3 Å². The van der Waals surface area contributed by atoms with E-state index < -0.39 is 102 Å². The molecule has 2 aromatic rings. The standard InChI is InChI=1S/C33H48FN7O10/c1-4-17(2)24(32(48)50-16-23-25(42)26(43)31(51-23)41-15-20(34)28(45)40-33(41)49)39-30(47)22(14-19-10-6-5-7-11-19)38-27(44)18(3)37-29(46)21(36)12-8-9-13-35/h5-7,10-11,15,17-18,21-26,31,42-43H,4,8-9,12-14,16,35-36H2,1-3H3,(H,37,46)(H,38,44)(H,39,47)(H,40,45,49)/t17-,18-,21-,22-,23+,24-,25+,26+,31+/m0/s1. The third kappa shape index (κ3) is 11.3. The lowest BCUT2D eigenvalue weighted by Crippen LogP contribution is -2.57. The largest absolute Gasteiger partial charge is 0.461 e. The van der Waals surface area contributed by atoms with E-state index in [1.54, 1.807) is 49.2 Å². The Labute approximate surface area is 293 Å². The van der Waals surface area contributed by atoms with Gasteiger partial charge >= 0.3 is 11.7 Å². The predicted octanol–water partition coefficient (Wildman–Crippen LogP) is -1.94. The van der Waals surface area contributed by atoms with Crippen molar-refractivity contribution in [1.29, 1.82) is 0 Å². The first-order valence-corrected chi connectivity index (χ1v) is 16.8. The zero-order valence-corrected chi connectivity index (χ0v) is 28.8. The number of unbranched alkanes of at least 4 members (excludes halogenated alkanes) is 1. The van der Waals surface area contributed by atoms with Gasteiger partial charge in [0.25, 0.3) is 5.56 Å². The number of carbonyl (C=O) groups is 4. The minimum Gasteiger partial charge on any atom is -0.461 e. The van der Waals surface area contributed by atoms with Crippen LogP contribution < -0.4 is 38.7 Å². The fourth-order valence-corrected chi connectivity index (χ4v) is 5.30. The molecular weight excluding hydrogens is 673 g/mol. The molecule has 1 aromatic heterocycles. The number of rotatable bonds is 18. The van der Waals surface area contributed by atoms with Crippen LogP contribution in [-0.4, -0.2) is 99.1 Å². The molecule has 0 aliphatic carbocycles. The molecule has 10 N–H and O–H groups in total. The van der Waals surface area contributed by atoms with E-state index in [0.29, 0.717) is 48.6 Å². The summed E-state index contributed by atoms with van der Waals surface area (Å²) >= 11 is 0. The SMILES string of the molecule is CC[C@H](C)[C@H](NC(=O)[C@H](Cc1ccccc1)NC(=O)[C@H](C)NC(=O)[C@@H](N)CCCCN)C(=O)OC[C@H]1O[C@@H](n2cc(F)c(=O)[nH]c2=O)[C@H](O)[C@@H]1O. The number of nitrogens with zero attached hydrogens (tertiary/aromatic N) is 1. The highest BCUT2D eigenvalue weighted by Gasteiger charge is 2.45. The Morgan fingerprint density at radius 3 is 2.35 bits per heavy atom. The summed E-state index contributed by atoms with van der Waals surface area (Å²) in [6.07, 6.45) is -3.76. The molecule has 3 amide bonds. The lowest BCUT2D eigenvalue weighted by atomic mass is 9.98. The number of aromatic amines is 1. The summed E-state index contributed by atoms with van der Waals surface area (Å²) in [7, 11) is 0. The Balaban J connectivity index is 1.71. The topological polar surface area (TPSA) is 270 Å². The first-order valence-electron chi connectivity index (χ1n) is 16.8. The van der Waals surface area contributed by atoms with Crippen LogP contribution in [-0.2, 0) is 35.1 Å². The maximum atomic E-state index is 13.9. The van der Waals surface area contributed by atoms with Gasteiger partial charge in [-0.2, -0.15) is 4.39 Å². The highest BCUT2D eigenvalue weighted by atomic mass is 19.1. The van der Waals surface area contributed by atoms with Crippen molar-refractivity contribution in [1.82, 2.24) is 25.5 Å². The molecule has 0 radical (unpaired) electrons. The number of hydrogen-bond donors (Lipinski definition) is 8. The van der Waals surface area contributed by atoms with Crippen molar-refractivity contribution >= 4 is 23.7 Å². The average Bonchev–Trinajstić information content (AvgIpc) is 3.39. The zero-order chi connectivity index (χ0) is 37.8. The number of H-pyrrole nitrogens is 1. The van der Waals surface area contributed by atoms with Crippen molar-refractivity contribution in [3.63, 3.8) is 0 Å². The lowest BCUT2D eigenvalue weighted by molar-refractivity contribution is -0.155. The number of aliphatic hydroxyl groups excluding tert-OH is 2. The summed E-state index contributed by atoms with van der Waals surface area (Å²) < 4.78 is 25.3. The Kier molecular flexibility index (Phi) is 15.4. The van der Waals surface area contributed by atoms with Gasteiger partial charge in [0.15, 0.2) is 6.23 Å². The van der Waals surface area contributed by atoms with Crippen LogP contribution in [0, 0.1) is 11.7 Å². The van der Waals surface area contributed by atoms with Gasteiger partial charge in [-0.1, -0.05) is 57.0 Å². The summed E-state index contributed by atoms with van der Waals surface area (Å²) in [5, 5.41) is 28.9. The minimum atomic E-state index is -1.76. The first kappa shape index (κ1) is 40.9. The molecule has 18 heteroatoms. The highest BCUT2D eigenvalue weighted by Crippen LogP contribution is 2.28. The molecule has 1 fully saturated rings. The number of amides is 3. The fraction of sp³-hybridized carbons (Fsp3) is 0.576. The minimum absolute atomic E-state index is 0.0338. The number of aromatic nitrogens is 2. The molecule has 1 aliphatic heterocycles. The van der Waals surface area contributed by atoms with Gasteiger partial charge in [-0.3, -0.25) is 28.7 Å². The monoisotopic (exact) mass is 721 g/mol. The second-order valence-corrected chi connectivity index (χ2v) is 12.6. The Bertz CT molecular complexity index is 1610. The van der Waals surface area contributed by atoms with Crippen molar-refractivity contribution in [2.24, 2.45) is 17.4 Å². The number of hydrogen-bond acceptors (Lipinski definition) is 12. The van der Waals surface area contributed by atoms with E-state index in [1.165, 1.54) is 6.92 Å². The van der Waals surface area contributed by atoms with Gasteiger partial charge in [0.1, 0.15) is 43.0 Å². The molecule has 9 atom stereocenters. The number of halogens is 1. The fourth-order valence-electron chi connectivity index (χ4n) is 5.30. The Hall–Kier alpha value is -4.49. The number of aliphatic hydroxyl groups is 2. The van der Waals surface area contributed by atoms with Crippen molar-refractivity contribution in [3.05, 3.63) is 68.7 Å². The van der Waals surface area contributed by atoms with Gasteiger partial charge in [0.05, 0.1) is 12.2 Å². The van der Waals surface area contributed by atoms with Gasteiger partial charge in [0.2, 0.25) is 23.5 Å². The molecule has 0 saturated carbocycles. The maximum absolute atomic E-state index is 13.9. The number of esters is 1.